The summed E-state index contributed by atoms with van der Waals surface area (Å²) in [5.74, 6) is 2.15. The van der Waals surface area contributed by atoms with Crippen molar-refractivity contribution in [2.45, 2.75) is 58.2 Å². The minimum Gasteiger partial charge on any atom is -0.427 e. The summed E-state index contributed by atoms with van der Waals surface area (Å²) in [7, 11) is 1.61. The van der Waals surface area contributed by atoms with E-state index in [0.717, 1.165) is 25.1 Å². The average Bonchev–Trinajstić information content (AvgIpc) is 2.96. The summed E-state index contributed by atoms with van der Waals surface area (Å²) >= 11 is 0. The molecule has 2 aromatic rings. The zero-order valence-corrected chi connectivity index (χ0v) is 15.9. The first-order valence-corrected chi connectivity index (χ1v) is 9.35. The molecule has 1 aliphatic carbocycles. The van der Waals surface area contributed by atoms with Gasteiger partial charge in [0.15, 0.2) is 11.6 Å². The van der Waals surface area contributed by atoms with Crippen LogP contribution in [0.1, 0.15) is 71.5 Å². The second kappa shape index (κ2) is 6.92. The van der Waals surface area contributed by atoms with Crippen molar-refractivity contribution in [1.29, 1.82) is 0 Å². The number of fused-ring (bicyclic) bond motifs is 1. The fourth-order valence-electron chi connectivity index (χ4n) is 3.94. The van der Waals surface area contributed by atoms with Crippen LogP contribution in [-0.2, 0) is 17.9 Å². The second-order valence-corrected chi connectivity index (χ2v) is 7.49. The van der Waals surface area contributed by atoms with E-state index in [1.54, 1.807) is 18.9 Å². The van der Waals surface area contributed by atoms with Crippen molar-refractivity contribution >= 4 is 5.91 Å². The van der Waals surface area contributed by atoms with Crippen molar-refractivity contribution in [2.24, 2.45) is 0 Å². The number of hydrogen-bond acceptors (Lipinski definition) is 6. The van der Waals surface area contributed by atoms with Gasteiger partial charge in [-0.25, -0.2) is 4.79 Å². The molecule has 0 bridgehead atoms. The molecular formula is C19H24N4O4. The van der Waals surface area contributed by atoms with Gasteiger partial charge >= 0.3 is 5.63 Å². The Hall–Kier alpha value is -2.48. The lowest BCUT2D eigenvalue weighted by molar-refractivity contribution is 0.0668. The highest BCUT2D eigenvalue weighted by Gasteiger charge is 2.32. The number of ether oxygens (including phenoxy) is 1. The van der Waals surface area contributed by atoms with Crippen LogP contribution in [0.5, 0.6) is 0 Å². The zero-order valence-electron chi connectivity index (χ0n) is 15.9. The van der Waals surface area contributed by atoms with Gasteiger partial charge in [-0.3, -0.25) is 4.79 Å². The number of rotatable bonds is 4. The highest BCUT2D eigenvalue weighted by atomic mass is 16.5. The van der Waals surface area contributed by atoms with Crippen molar-refractivity contribution in [1.82, 2.24) is 19.7 Å². The Labute approximate surface area is 157 Å². The van der Waals surface area contributed by atoms with Gasteiger partial charge < -0.3 is 18.6 Å². The summed E-state index contributed by atoms with van der Waals surface area (Å²) in [5, 5.41) is 8.35. The van der Waals surface area contributed by atoms with Crippen LogP contribution >= 0.6 is 0 Å². The number of hydrogen-bond donors (Lipinski definition) is 0. The molecule has 144 valence electrons. The predicted molar refractivity (Wildman–Crippen MR) is 96.5 cm³/mol. The van der Waals surface area contributed by atoms with Crippen LogP contribution in [0.15, 0.2) is 15.3 Å². The zero-order chi connectivity index (χ0) is 19.1. The molecule has 0 spiro atoms. The normalized spacial score (nSPS) is 19.7. The molecule has 2 aromatic heterocycles. The van der Waals surface area contributed by atoms with Gasteiger partial charge in [-0.15, -0.1) is 10.2 Å². The number of aromatic nitrogens is 3. The maximum absolute atomic E-state index is 13.1. The summed E-state index contributed by atoms with van der Waals surface area (Å²) in [6.45, 7) is 4.96. The van der Waals surface area contributed by atoms with Crippen LogP contribution in [0.3, 0.4) is 0 Å². The Balaban J connectivity index is 1.61. The Morgan fingerprint density at radius 1 is 1.37 bits per heavy atom. The maximum atomic E-state index is 13.1. The van der Waals surface area contributed by atoms with Crippen LogP contribution in [0, 0.1) is 6.92 Å². The van der Waals surface area contributed by atoms with E-state index in [4.69, 9.17) is 9.15 Å². The average molecular weight is 372 g/mol. The van der Waals surface area contributed by atoms with E-state index < -0.39 is 5.63 Å². The van der Waals surface area contributed by atoms with E-state index in [2.05, 4.69) is 10.2 Å². The van der Waals surface area contributed by atoms with Gasteiger partial charge in [-0.2, -0.15) is 0 Å². The van der Waals surface area contributed by atoms with Gasteiger partial charge in [0.05, 0.1) is 12.6 Å². The SMILES string of the molecule is COCc1nnc2n1[C@@H](C)CN(C(=O)c1c(C)cc(C3CCC3)oc1=O)C2. The van der Waals surface area contributed by atoms with Crippen LogP contribution in [0.25, 0.3) is 0 Å². The molecule has 1 aliphatic heterocycles. The van der Waals surface area contributed by atoms with Crippen LogP contribution in [-0.4, -0.2) is 39.2 Å². The van der Waals surface area contributed by atoms with E-state index in [1.165, 1.54) is 0 Å². The van der Waals surface area contributed by atoms with Gasteiger partial charge in [0.2, 0.25) is 0 Å². The van der Waals surface area contributed by atoms with Crippen molar-refractivity contribution in [2.75, 3.05) is 13.7 Å². The molecule has 1 fully saturated rings. The molecule has 1 saturated carbocycles. The third kappa shape index (κ3) is 3.07. The fourth-order valence-corrected chi connectivity index (χ4v) is 3.94. The van der Waals surface area contributed by atoms with Crippen molar-refractivity contribution in [3.8, 4) is 0 Å². The molecule has 0 N–H and O–H groups in total. The van der Waals surface area contributed by atoms with E-state index >= 15 is 0 Å². The number of amides is 1. The first-order valence-electron chi connectivity index (χ1n) is 9.35. The van der Waals surface area contributed by atoms with E-state index in [9.17, 15) is 9.59 Å². The topological polar surface area (TPSA) is 90.5 Å². The summed E-state index contributed by atoms with van der Waals surface area (Å²) in [4.78, 5) is 27.3. The van der Waals surface area contributed by atoms with Crippen molar-refractivity contribution in [3.05, 3.63) is 45.0 Å². The molecule has 3 heterocycles. The summed E-state index contributed by atoms with van der Waals surface area (Å²) in [6.07, 6.45) is 3.24. The number of nitrogens with zero attached hydrogens (tertiary/aromatic N) is 4. The lowest BCUT2D eigenvalue weighted by Gasteiger charge is -2.32. The molecule has 0 aromatic carbocycles. The minimum absolute atomic E-state index is 0.000512. The molecule has 0 saturated heterocycles. The Bertz CT molecular complexity index is 928. The Morgan fingerprint density at radius 3 is 2.78 bits per heavy atom. The summed E-state index contributed by atoms with van der Waals surface area (Å²) < 4.78 is 12.6. The van der Waals surface area contributed by atoms with Gasteiger partial charge in [0.1, 0.15) is 17.9 Å². The van der Waals surface area contributed by atoms with Gasteiger partial charge in [-0.1, -0.05) is 6.42 Å². The molecule has 1 amide bonds. The molecule has 4 rings (SSSR count). The first-order chi connectivity index (χ1) is 13.0. The van der Waals surface area contributed by atoms with Crippen molar-refractivity contribution < 1.29 is 13.9 Å². The van der Waals surface area contributed by atoms with Gasteiger partial charge in [0.25, 0.3) is 5.91 Å². The summed E-state index contributed by atoms with van der Waals surface area (Å²) in [5.41, 5.74) is 0.259. The maximum Gasteiger partial charge on any atom is 0.349 e. The van der Waals surface area contributed by atoms with Crippen LogP contribution < -0.4 is 5.63 Å². The van der Waals surface area contributed by atoms with Crippen LogP contribution in [0.4, 0.5) is 0 Å². The predicted octanol–water partition coefficient (Wildman–Crippen LogP) is 2.17. The monoisotopic (exact) mass is 372 g/mol. The first kappa shape index (κ1) is 17.9. The molecule has 0 unspecified atom stereocenters. The second-order valence-electron chi connectivity index (χ2n) is 7.49. The number of aryl methyl sites for hydroxylation is 1. The molecule has 2 aliphatic rings. The molecular weight excluding hydrogens is 348 g/mol. The van der Waals surface area contributed by atoms with E-state index in [-0.39, 0.29) is 17.5 Å². The molecule has 1 atom stereocenters. The standard InChI is InChI=1S/C19H24N4O4/c1-11-7-14(13-5-4-6-13)27-19(25)17(11)18(24)22-8-12(2)23-15(9-22)20-21-16(23)10-26-3/h7,12-13H,4-6,8-10H2,1-3H3/t12-/m0/s1. The molecule has 0 radical (unpaired) electrons. The van der Waals surface area contributed by atoms with Gasteiger partial charge in [0, 0.05) is 19.6 Å². The lowest BCUT2D eigenvalue weighted by Crippen LogP contribution is -2.42. The number of carbonyl (C=O) groups is 1. The Kier molecular flexibility index (Phi) is 4.59. The third-order valence-corrected chi connectivity index (χ3v) is 5.54. The fraction of sp³-hybridized carbons (Fsp3) is 0.579. The lowest BCUT2D eigenvalue weighted by atomic mass is 9.83. The highest BCUT2D eigenvalue weighted by Crippen LogP contribution is 2.36. The third-order valence-electron chi connectivity index (χ3n) is 5.54. The van der Waals surface area contributed by atoms with E-state index in [0.29, 0.717) is 42.8 Å². The van der Waals surface area contributed by atoms with Crippen LogP contribution in [0.2, 0.25) is 0 Å². The largest absolute Gasteiger partial charge is 0.427 e. The summed E-state index contributed by atoms with van der Waals surface area (Å²) in [6, 6.07) is 1.85. The molecule has 8 nitrogen and oxygen atoms in total. The smallest absolute Gasteiger partial charge is 0.349 e. The minimum atomic E-state index is -0.540. The number of carbonyl (C=O) groups excluding carboxylic acids is 1. The van der Waals surface area contributed by atoms with Gasteiger partial charge in [-0.05, 0) is 38.3 Å². The van der Waals surface area contributed by atoms with Crippen molar-refractivity contribution in [3.63, 3.8) is 0 Å². The molecule has 27 heavy (non-hydrogen) atoms. The molecule has 8 heteroatoms. The quantitative estimate of drug-likeness (QED) is 0.817. The number of methoxy groups -OCH3 is 1. The Morgan fingerprint density at radius 2 is 2.15 bits per heavy atom. The highest BCUT2D eigenvalue weighted by molar-refractivity contribution is 5.95. The van der Waals surface area contributed by atoms with E-state index in [1.807, 2.05) is 17.6 Å².